The Kier molecular flexibility index (Phi) is 3.97. The van der Waals surface area contributed by atoms with Gasteiger partial charge in [0.25, 0.3) is 5.91 Å². The molecule has 8 heteroatoms. The fraction of sp³-hybridized carbons (Fsp3) is 0.538. The van der Waals surface area contributed by atoms with Crippen molar-refractivity contribution in [3.05, 3.63) is 17.0 Å². The number of likely N-dealkylation sites (N-methyl/N-ethyl adjacent to an activating group) is 1. The molecular weight excluding hydrogens is 274 g/mol. The number of H-pyrrole nitrogens is 1. The SMILES string of the molecule is Cc1n[nH]c(C)c1[C@@H](C)N(C)C(=O)CN1C(=O)CNC1=O. The van der Waals surface area contributed by atoms with Crippen molar-refractivity contribution in [1.29, 1.82) is 0 Å². The number of aromatic amines is 1. The maximum atomic E-state index is 12.3. The third-order valence-corrected chi connectivity index (χ3v) is 3.81. The number of imide groups is 1. The minimum Gasteiger partial charge on any atom is -0.337 e. The average molecular weight is 293 g/mol. The van der Waals surface area contributed by atoms with E-state index in [-0.39, 0.29) is 30.9 Å². The normalized spacial score (nSPS) is 16.1. The van der Waals surface area contributed by atoms with Gasteiger partial charge in [0.15, 0.2) is 0 Å². The van der Waals surface area contributed by atoms with Gasteiger partial charge >= 0.3 is 6.03 Å². The Bertz CT molecular complexity index is 559. The van der Waals surface area contributed by atoms with Crippen molar-refractivity contribution < 1.29 is 14.4 Å². The van der Waals surface area contributed by atoms with Gasteiger partial charge in [-0.1, -0.05) is 0 Å². The summed E-state index contributed by atoms with van der Waals surface area (Å²) < 4.78 is 0. The van der Waals surface area contributed by atoms with E-state index in [1.54, 1.807) is 7.05 Å². The summed E-state index contributed by atoms with van der Waals surface area (Å²) in [5.41, 5.74) is 2.67. The molecule has 1 atom stereocenters. The summed E-state index contributed by atoms with van der Waals surface area (Å²) in [6.07, 6.45) is 0. The fourth-order valence-electron chi connectivity index (χ4n) is 2.45. The van der Waals surface area contributed by atoms with Gasteiger partial charge in [0.05, 0.1) is 18.3 Å². The van der Waals surface area contributed by atoms with Crippen LogP contribution in [-0.2, 0) is 9.59 Å². The number of urea groups is 1. The molecule has 0 saturated carbocycles. The van der Waals surface area contributed by atoms with Gasteiger partial charge < -0.3 is 10.2 Å². The Labute approximate surface area is 122 Å². The van der Waals surface area contributed by atoms with E-state index >= 15 is 0 Å². The predicted molar refractivity (Wildman–Crippen MR) is 74.4 cm³/mol. The van der Waals surface area contributed by atoms with Gasteiger partial charge in [-0.15, -0.1) is 0 Å². The summed E-state index contributed by atoms with van der Waals surface area (Å²) in [6.45, 7) is 5.34. The quantitative estimate of drug-likeness (QED) is 0.769. The van der Waals surface area contributed by atoms with Crippen LogP contribution < -0.4 is 5.32 Å². The predicted octanol–water partition coefficient (Wildman–Crippen LogP) is 0.0977. The lowest BCUT2D eigenvalue weighted by atomic mass is 10.1. The van der Waals surface area contributed by atoms with Crippen LogP contribution in [0.4, 0.5) is 4.79 Å². The molecule has 0 radical (unpaired) electrons. The second-order valence-corrected chi connectivity index (χ2v) is 5.17. The molecule has 2 N–H and O–H groups in total. The van der Waals surface area contributed by atoms with Gasteiger partial charge in [-0.05, 0) is 20.8 Å². The Morgan fingerprint density at radius 2 is 2.10 bits per heavy atom. The second kappa shape index (κ2) is 5.55. The van der Waals surface area contributed by atoms with Crippen molar-refractivity contribution in [2.24, 2.45) is 0 Å². The zero-order valence-corrected chi connectivity index (χ0v) is 12.6. The molecule has 0 spiro atoms. The summed E-state index contributed by atoms with van der Waals surface area (Å²) >= 11 is 0. The molecule has 1 aliphatic rings. The van der Waals surface area contributed by atoms with Gasteiger partial charge in [-0.2, -0.15) is 5.10 Å². The molecular formula is C13H19N5O3. The molecule has 4 amide bonds. The monoisotopic (exact) mass is 293 g/mol. The van der Waals surface area contributed by atoms with Crippen molar-refractivity contribution >= 4 is 17.8 Å². The van der Waals surface area contributed by atoms with Gasteiger partial charge in [0, 0.05) is 18.3 Å². The molecule has 8 nitrogen and oxygen atoms in total. The topological polar surface area (TPSA) is 98.4 Å². The molecule has 1 aromatic heterocycles. The van der Waals surface area contributed by atoms with E-state index in [4.69, 9.17) is 0 Å². The van der Waals surface area contributed by atoms with Gasteiger partial charge in [0.2, 0.25) is 5.91 Å². The van der Waals surface area contributed by atoms with Crippen molar-refractivity contribution in [3.63, 3.8) is 0 Å². The number of nitrogens with zero attached hydrogens (tertiary/aromatic N) is 3. The summed E-state index contributed by atoms with van der Waals surface area (Å²) in [4.78, 5) is 37.7. The first-order chi connectivity index (χ1) is 9.82. The van der Waals surface area contributed by atoms with Crippen LogP contribution in [0.15, 0.2) is 0 Å². The van der Waals surface area contributed by atoms with Crippen molar-refractivity contribution in [1.82, 2.24) is 25.3 Å². The molecule has 1 aliphatic heterocycles. The maximum absolute atomic E-state index is 12.3. The Balaban J connectivity index is 2.09. The van der Waals surface area contributed by atoms with Crippen LogP contribution >= 0.6 is 0 Å². The van der Waals surface area contributed by atoms with E-state index in [9.17, 15) is 14.4 Å². The standard InChI is InChI=1S/C13H19N5O3/c1-7-12(8(2)16-15-7)9(3)17(4)11(20)6-18-10(19)5-14-13(18)21/h9H,5-6H2,1-4H3,(H,14,21)(H,15,16)/t9-/m1/s1. The van der Waals surface area contributed by atoms with Crippen LogP contribution in [0.1, 0.15) is 29.9 Å². The van der Waals surface area contributed by atoms with E-state index in [0.717, 1.165) is 21.9 Å². The number of amides is 4. The van der Waals surface area contributed by atoms with Crippen LogP contribution in [0.3, 0.4) is 0 Å². The molecule has 1 aromatic rings. The highest BCUT2D eigenvalue weighted by Gasteiger charge is 2.32. The highest BCUT2D eigenvalue weighted by atomic mass is 16.2. The first kappa shape index (κ1) is 15.0. The molecule has 2 heterocycles. The second-order valence-electron chi connectivity index (χ2n) is 5.17. The third-order valence-electron chi connectivity index (χ3n) is 3.81. The van der Waals surface area contributed by atoms with E-state index in [2.05, 4.69) is 15.5 Å². The van der Waals surface area contributed by atoms with Crippen LogP contribution in [0.2, 0.25) is 0 Å². The number of carbonyl (C=O) groups excluding carboxylic acids is 3. The molecule has 21 heavy (non-hydrogen) atoms. The zero-order valence-electron chi connectivity index (χ0n) is 12.6. The molecule has 0 bridgehead atoms. The summed E-state index contributed by atoms with van der Waals surface area (Å²) in [5, 5.41) is 9.39. The summed E-state index contributed by atoms with van der Waals surface area (Å²) in [6, 6.07) is -0.720. The lowest BCUT2D eigenvalue weighted by Crippen LogP contribution is -2.42. The summed E-state index contributed by atoms with van der Waals surface area (Å²) in [7, 11) is 1.65. The van der Waals surface area contributed by atoms with Gasteiger partial charge in [-0.25, -0.2) is 4.79 Å². The van der Waals surface area contributed by atoms with E-state index in [1.807, 2.05) is 20.8 Å². The van der Waals surface area contributed by atoms with Gasteiger partial charge in [-0.3, -0.25) is 19.6 Å². The maximum Gasteiger partial charge on any atom is 0.325 e. The number of carbonyl (C=O) groups is 3. The van der Waals surface area contributed by atoms with Crippen LogP contribution in [-0.4, -0.2) is 58.0 Å². The van der Waals surface area contributed by atoms with E-state index in [1.165, 1.54) is 4.90 Å². The number of rotatable bonds is 4. The van der Waals surface area contributed by atoms with Crippen LogP contribution in [0.5, 0.6) is 0 Å². The Morgan fingerprint density at radius 1 is 1.43 bits per heavy atom. The minimum absolute atomic E-state index is 0.0503. The van der Waals surface area contributed by atoms with Crippen molar-refractivity contribution in [2.75, 3.05) is 20.1 Å². The van der Waals surface area contributed by atoms with Crippen LogP contribution in [0.25, 0.3) is 0 Å². The minimum atomic E-state index is -0.523. The molecule has 1 fully saturated rings. The Morgan fingerprint density at radius 3 is 2.57 bits per heavy atom. The van der Waals surface area contributed by atoms with Crippen molar-refractivity contribution in [2.45, 2.75) is 26.8 Å². The number of hydrogen-bond donors (Lipinski definition) is 2. The molecule has 0 aromatic carbocycles. The Hall–Kier alpha value is -2.38. The highest BCUT2D eigenvalue weighted by molar-refractivity contribution is 6.04. The fourth-order valence-corrected chi connectivity index (χ4v) is 2.45. The lowest BCUT2D eigenvalue weighted by Gasteiger charge is -2.26. The number of hydrogen-bond acceptors (Lipinski definition) is 4. The van der Waals surface area contributed by atoms with Crippen molar-refractivity contribution in [3.8, 4) is 0 Å². The average Bonchev–Trinajstić information content (AvgIpc) is 2.93. The zero-order chi connectivity index (χ0) is 15.7. The number of nitrogens with one attached hydrogen (secondary N) is 2. The molecule has 0 aliphatic carbocycles. The molecule has 1 saturated heterocycles. The third kappa shape index (κ3) is 2.74. The van der Waals surface area contributed by atoms with E-state index in [0.29, 0.717) is 0 Å². The van der Waals surface area contributed by atoms with Crippen LogP contribution in [0, 0.1) is 13.8 Å². The first-order valence-corrected chi connectivity index (χ1v) is 6.68. The summed E-state index contributed by atoms with van der Waals surface area (Å²) in [5.74, 6) is -0.682. The molecule has 0 unspecified atom stereocenters. The highest BCUT2D eigenvalue weighted by Crippen LogP contribution is 2.24. The molecule has 2 rings (SSSR count). The van der Waals surface area contributed by atoms with E-state index < -0.39 is 6.03 Å². The largest absolute Gasteiger partial charge is 0.337 e. The molecule has 114 valence electrons. The number of aryl methyl sites for hydroxylation is 2. The lowest BCUT2D eigenvalue weighted by molar-refractivity contribution is -0.136. The van der Waals surface area contributed by atoms with Gasteiger partial charge in [0.1, 0.15) is 6.54 Å². The smallest absolute Gasteiger partial charge is 0.325 e. The first-order valence-electron chi connectivity index (χ1n) is 6.68. The number of aromatic nitrogens is 2.